The summed E-state index contributed by atoms with van der Waals surface area (Å²) in [7, 11) is 2.73. The fourth-order valence-electron chi connectivity index (χ4n) is 2.04. The molecule has 0 aliphatic rings. The summed E-state index contributed by atoms with van der Waals surface area (Å²) in [5.74, 6) is -0.506. The van der Waals surface area contributed by atoms with Crippen LogP contribution in [-0.2, 0) is 18.3 Å². The van der Waals surface area contributed by atoms with Gasteiger partial charge in [-0.05, 0) is 18.6 Å². The van der Waals surface area contributed by atoms with Crippen LogP contribution in [0.25, 0.3) is 0 Å². The number of aromatic nitrogens is 3. The number of rotatable bonds is 5. The van der Waals surface area contributed by atoms with Crippen molar-refractivity contribution in [3.05, 3.63) is 45.9 Å². The van der Waals surface area contributed by atoms with Crippen LogP contribution in [-0.4, -0.2) is 40.1 Å². The van der Waals surface area contributed by atoms with Crippen molar-refractivity contribution in [1.29, 1.82) is 0 Å². The van der Waals surface area contributed by atoms with Crippen molar-refractivity contribution in [1.82, 2.24) is 19.7 Å². The standard InChI is InChI=1S/C15H18N4O5/c1-4-24-14-17-19(15(22)18(14)2)13(21)16-9-10-7-5-6-8-11(10)12(20)23-3/h5-8H,4,9H2,1-3H3,(H,16,21). The van der Waals surface area contributed by atoms with Gasteiger partial charge in [0.05, 0.1) is 19.3 Å². The van der Waals surface area contributed by atoms with Crippen LogP contribution in [0.3, 0.4) is 0 Å². The van der Waals surface area contributed by atoms with Gasteiger partial charge in [-0.25, -0.2) is 19.0 Å². The maximum Gasteiger partial charge on any atom is 0.357 e. The summed E-state index contributed by atoms with van der Waals surface area (Å²) in [5.41, 5.74) is 0.271. The summed E-state index contributed by atoms with van der Waals surface area (Å²) < 4.78 is 11.7. The number of ether oxygens (including phenoxy) is 2. The van der Waals surface area contributed by atoms with Crippen LogP contribution in [0.15, 0.2) is 29.1 Å². The molecule has 9 nitrogen and oxygen atoms in total. The number of hydrogen-bond acceptors (Lipinski definition) is 6. The van der Waals surface area contributed by atoms with E-state index in [4.69, 9.17) is 9.47 Å². The van der Waals surface area contributed by atoms with Gasteiger partial charge in [-0.1, -0.05) is 18.2 Å². The van der Waals surface area contributed by atoms with Crippen molar-refractivity contribution in [2.45, 2.75) is 13.5 Å². The molecule has 24 heavy (non-hydrogen) atoms. The Hall–Kier alpha value is -3.10. The van der Waals surface area contributed by atoms with E-state index < -0.39 is 17.7 Å². The second-order valence-corrected chi connectivity index (χ2v) is 4.78. The molecule has 0 atom stereocenters. The van der Waals surface area contributed by atoms with Crippen LogP contribution >= 0.6 is 0 Å². The van der Waals surface area contributed by atoms with Crippen molar-refractivity contribution in [3.63, 3.8) is 0 Å². The van der Waals surface area contributed by atoms with Crippen molar-refractivity contribution < 1.29 is 19.1 Å². The van der Waals surface area contributed by atoms with Gasteiger partial charge in [-0.3, -0.25) is 0 Å². The Kier molecular flexibility index (Phi) is 5.35. The van der Waals surface area contributed by atoms with Gasteiger partial charge >= 0.3 is 23.7 Å². The molecule has 1 aromatic carbocycles. The number of benzene rings is 1. The first-order valence-corrected chi connectivity index (χ1v) is 7.22. The molecule has 0 bridgehead atoms. The first-order valence-electron chi connectivity index (χ1n) is 7.22. The highest BCUT2D eigenvalue weighted by Crippen LogP contribution is 2.10. The van der Waals surface area contributed by atoms with Crippen molar-refractivity contribution in [2.24, 2.45) is 7.05 Å². The summed E-state index contributed by atoms with van der Waals surface area (Å²) in [6.45, 7) is 2.10. The largest absolute Gasteiger partial charge is 0.465 e. The van der Waals surface area contributed by atoms with Gasteiger partial charge in [0.15, 0.2) is 0 Å². The van der Waals surface area contributed by atoms with E-state index in [9.17, 15) is 14.4 Å². The third-order valence-electron chi connectivity index (χ3n) is 3.26. The Morgan fingerprint density at radius 3 is 2.67 bits per heavy atom. The molecule has 0 spiro atoms. The van der Waals surface area contributed by atoms with E-state index in [1.54, 1.807) is 31.2 Å². The minimum Gasteiger partial charge on any atom is -0.465 e. The van der Waals surface area contributed by atoms with E-state index in [1.807, 2.05) is 0 Å². The van der Waals surface area contributed by atoms with E-state index in [2.05, 4.69) is 10.4 Å². The summed E-state index contributed by atoms with van der Waals surface area (Å²) in [6.07, 6.45) is 0. The molecule has 0 saturated heterocycles. The zero-order valence-electron chi connectivity index (χ0n) is 13.6. The molecule has 0 aliphatic heterocycles. The summed E-state index contributed by atoms with van der Waals surface area (Å²) in [5, 5.41) is 6.37. The molecule has 2 rings (SSSR count). The number of hydrogen-bond donors (Lipinski definition) is 1. The number of carbonyl (C=O) groups excluding carboxylic acids is 2. The average molecular weight is 334 g/mol. The molecule has 0 aliphatic carbocycles. The summed E-state index contributed by atoms with van der Waals surface area (Å²) in [4.78, 5) is 35.9. The molecule has 1 heterocycles. The highest BCUT2D eigenvalue weighted by atomic mass is 16.5. The van der Waals surface area contributed by atoms with Crippen LogP contribution in [0.5, 0.6) is 6.01 Å². The van der Waals surface area contributed by atoms with E-state index in [-0.39, 0.29) is 12.6 Å². The second-order valence-electron chi connectivity index (χ2n) is 4.78. The predicted octanol–water partition coefficient (Wildman–Crippen LogP) is 0.525. The molecule has 0 fully saturated rings. The van der Waals surface area contributed by atoms with Gasteiger partial charge in [-0.2, -0.15) is 0 Å². The number of nitrogens with zero attached hydrogens (tertiary/aromatic N) is 3. The Morgan fingerprint density at radius 2 is 2.00 bits per heavy atom. The van der Waals surface area contributed by atoms with E-state index in [0.29, 0.717) is 22.4 Å². The van der Waals surface area contributed by atoms with Crippen LogP contribution < -0.4 is 15.7 Å². The van der Waals surface area contributed by atoms with Gasteiger partial charge in [0.25, 0.3) is 0 Å². The molecule has 2 aromatic rings. The highest BCUT2D eigenvalue weighted by Gasteiger charge is 2.18. The van der Waals surface area contributed by atoms with Gasteiger partial charge in [-0.15, -0.1) is 9.78 Å². The Morgan fingerprint density at radius 1 is 1.29 bits per heavy atom. The smallest absolute Gasteiger partial charge is 0.357 e. The molecule has 1 N–H and O–H groups in total. The van der Waals surface area contributed by atoms with Crippen LogP contribution in [0.4, 0.5) is 4.79 Å². The predicted molar refractivity (Wildman–Crippen MR) is 84.1 cm³/mol. The third-order valence-corrected chi connectivity index (χ3v) is 3.26. The monoisotopic (exact) mass is 334 g/mol. The lowest BCUT2D eigenvalue weighted by Crippen LogP contribution is -2.37. The first-order chi connectivity index (χ1) is 11.5. The number of nitrogens with one attached hydrogen (secondary N) is 1. The average Bonchev–Trinajstić information content (AvgIpc) is 2.88. The molecule has 0 radical (unpaired) electrons. The fraction of sp³-hybridized carbons (Fsp3) is 0.333. The molecule has 0 unspecified atom stereocenters. The normalized spacial score (nSPS) is 10.3. The lowest BCUT2D eigenvalue weighted by molar-refractivity contribution is 0.0599. The number of esters is 1. The van der Waals surface area contributed by atoms with Crippen LogP contribution in [0.1, 0.15) is 22.8 Å². The van der Waals surface area contributed by atoms with Gasteiger partial charge in [0, 0.05) is 13.6 Å². The van der Waals surface area contributed by atoms with E-state index >= 15 is 0 Å². The van der Waals surface area contributed by atoms with Crippen LogP contribution in [0.2, 0.25) is 0 Å². The Balaban J connectivity index is 2.16. The Labute approximate surface area is 137 Å². The lowest BCUT2D eigenvalue weighted by atomic mass is 10.1. The highest BCUT2D eigenvalue weighted by molar-refractivity contribution is 5.91. The van der Waals surface area contributed by atoms with E-state index in [0.717, 1.165) is 4.57 Å². The zero-order valence-corrected chi connectivity index (χ0v) is 13.6. The lowest BCUT2D eigenvalue weighted by Gasteiger charge is -2.08. The minimum absolute atomic E-state index is 0.0388. The number of methoxy groups -OCH3 is 1. The van der Waals surface area contributed by atoms with Crippen molar-refractivity contribution >= 4 is 12.0 Å². The molecule has 1 aromatic heterocycles. The molecular formula is C15H18N4O5. The number of amides is 1. The minimum atomic E-state index is -0.721. The fourth-order valence-corrected chi connectivity index (χ4v) is 2.04. The van der Waals surface area contributed by atoms with Crippen LogP contribution in [0, 0.1) is 0 Å². The quantitative estimate of drug-likeness (QED) is 0.800. The number of carbonyl (C=O) groups is 2. The van der Waals surface area contributed by atoms with Gasteiger partial charge in [0.2, 0.25) is 0 Å². The summed E-state index contributed by atoms with van der Waals surface area (Å²) in [6, 6.07) is 6.02. The first kappa shape index (κ1) is 17.3. The van der Waals surface area contributed by atoms with Gasteiger partial charge in [0.1, 0.15) is 0 Å². The van der Waals surface area contributed by atoms with Crippen molar-refractivity contribution in [3.8, 4) is 6.01 Å². The molecule has 9 heteroatoms. The SMILES string of the molecule is CCOc1nn(C(=O)NCc2ccccc2C(=O)OC)c(=O)n1C. The Bertz CT molecular complexity index is 808. The topological polar surface area (TPSA) is 104 Å². The second kappa shape index (κ2) is 7.44. The molecule has 128 valence electrons. The van der Waals surface area contributed by atoms with E-state index in [1.165, 1.54) is 14.2 Å². The molecular weight excluding hydrogens is 316 g/mol. The zero-order chi connectivity index (χ0) is 17.7. The molecule has 1 amide bonds. The maximum atomic E-state index is 12.2. The third kappa shape index (κ3) is 3.45. The summed E-state index contributed by atoms with van der Waals surface area (Å²) >= 11 is 0. The van der Waals surface area contributed by atoms with Gasteiger partial charge < -0.3 is 14.8 Å². The molecule has 0 saturated carbocycles. The van der Waals surface area contributed by atoms with Crippen molar-refractivity contribution in [2.75, 3.05) is 13.7 Å². The maximum absolute atomic E-state index is 12.2.